The van der Waals surface area contributed by atoms with Gasteiger partial charge < -0.3 is 9.88 Å². The van der Waals surface area contributed by atoms with Crippen LogP contribution in [0.4, 0.5) is 13.2 Å². The number of nitrogens with zero attached hydrogens (tertiary/aromatic N) is 3. The molecule has 1 aromatic heterocycles. The number of nitrogens with one attached hydrogen (secondary N) is 1. The largest absolute Gasteiger partial charge is 0.449 e. The number of hydrogen-bond donors (Lipinski definition) is 1. The SMILES string of the molecule is CCCCNC(=O)CCn1c(C(F)(F)F)nc2cc(S(=O)(=O)N(CC)CC)ccc21. The lowest BCUT2D eigenvalue weighted by Gasteiger charge is -2.18. The summed E-state index contributed by atoms with van der Waals surface area (Å²) < 4.78 is 68.1. The van der Waals surface area contributed by atoms with Crippen molar-refractivity contribution >= 4 is 27.0 Å². The van der Waals surface area contributed by atoms with Gasteiger partial charge in [-0.25, -0.2) is 13.4 Å². The van der Waals surface area contributed by atoms with Crippen LogP contribution >= 0.6 is 0 Å². The van der Waals surface area contributed by atoms with Gasteiger partial charge in [-0.3, -0.25) is 4.79 Å². The Balaban J connectivity index is 2.41. The minimum absolute atomic E-state index is 0.0815. The number of alkyl halides is 3. The quantitative estimate of drug-likeness (QED) is 0.565. The van der Waals surface area contributed by atoms with Crippen LogP contribution in [-0.2, 0) is 27.5 Å². The third kappa shape index (κ3) is 5.31. The van der Waals surface area contributed by atoms with Gasteiger partial charge in [0.1, 0.15) is 0 Å². The first kappa shape index (κ1) is 24.1. The Bertz CT molecular complexity index is 983. The van der Waals surface area contributed by atoms with Gasteiger partial charge >= 0.3 is 6.18 Å². The molecule has 7 nitrogen and oxygen atoms in total. The second kappa shape index (κ2) is 9.78. The van der Waals surface area contributed by atoms with Gasteiger partial charge in [-0.15, -0.1) is 0 Å². The summed E-state index contributed by atoms with van der Waals surface area (Å²) in [4.78, 5) is 15.5. The lowest BCUT2D eigenvalue weighted by molar-refractivity contribution is -0.147. The summed E-state index contributed by atoms with van der Waals surface area (Å²) in [5, 5.41) is 2.67. The Labute approximate surface area is 174 Å². The van der Waals surface area contributed by atoms with Crippen LogP contribution in [0.25, 0.3) is 11.0 Å². The molecule has 2 aromatic rings. The molecule has 0 aliphatic carbocycles. The second-order valence-corrected chi connectivity index (χ2v) is 8.72. The number of sulfonamides is 1. The van der Waals surface area contributed by atoms with Gasteiger partial charge in [0.2, 0.25) is 21.8 Å². The van der Waals surface area contributed by atoms with Gasteiger partial charge in [-0.1, -0.05) is 27.2 Å². The van der Waals surface area contributed by atoms with E-state index in [0.29, 0.717) is 6.54 Å². The van der Waals surface area contributed by atoms with Gasteiger partial charge in [0.25, 0.3) is 0 Å². The third-order valence-electron chi connectivity index (χ3n) is 4.73. The summed E-state index contributed by atoms with van der Waals surface area (Å²) in [6, 6.07) is 3.73. The number of rotatable bonds is 10. The molecular formula is C19H27F3N4O3S. The Kier molecular flexibility index (Phi) is 7.87. The van der Waals surface area contributed by atoms with Crippen molar-refractivity contribution in [2.75, 3.05) is 19.6 Å². The maximum Gasteiger partial charge on any atom is 0.449 e. The fourth-order valence-corrected chi connectivity index (χ4v) is 4.61. The van der Waals surface area contributed by atoms with Gasteiger partial charge in [0.05, 0.1) is 15.9 Å². The minimum Gasteiger partial charge on any atom is -0.356 e. The number of fused-ring (bicyclic) bond motifs is 1. The molecule has 0 saturated heterocycles. The number of carbonyl (C=O) groups excluding carboxylic acids is 1. The Morgan fingerprint density at radius 3 is 2.43 bits per heavy atom. The molecule has 0 unspecified atom stereocenters. The molecule has 2 rings (SSSR count). The lowest BCUT2D eigenvalue weighted by Crippen LogP contribution is -2.30. The Hall–Kier alpha value is -2.14. The number of imidazole rings is 1. The van der Waals surface area contributed by atoms with E-state index in [0.717, 1.165) is 23.5 Å². The number of aromatic nitrogens is 2. The Morgan fingerprint density at radius 1 is 1.20 bits per heavy atom. The molecule has 1 N–H and O–H groups in total. The number of aryl methyl sites for hydroxylation is 1. The van der Waals surface area contributed by atoms with Crippen molar-refractivity contribution in [3.8, 4) is 0 Å². The van der Waals surface area contributed by atoms with Crippen LogP contribution in [0.1, 0.15) is 45.9 Å². The highest BCUT2D eigenvalue weighted by molar-refractivity contribution is 7.89. The van der Waals surface area contributed by atoms with Crippen molar-refractivity contribution in [2.24, 2.45) is 0 Å². The number of amides is 1. The zero-order chi connectivity index (χ0) is 22.5. The van der Waals surface area contributed by atoms with Crippen LogP contribution in [-0.4, -0.2) is 47.8 Å². The number of benzene rings is 1. The normalized spacial score (nSPS) is 12.6. The fraction of sp³-hybridized carbons (Fsp3) is 0.579. The van der Waals surface area contributed by atoms with Gasteiger partial charge in [-0.05, 0) is 24.6 Å². The van der Waals surface area contributed by atoms with E-state index in [1.807, 2.05) is 6.92 Å². The summed E-state index contributed by atoms with van der Waals surface area (Å²) in [6.45, 7) is 6.07. The van der Waals surface area contributed by atoms with E-state index in [-0.39, 0.29) is 47.9 Å². The van der Waals surface area contributed by atoms with E-state index in [1.165, 1.54) is 16.4 Å². The first-order valence-corrected chi connectivity index (χ1v) is 11.3. The van der Waals surface area contributed by atoms with Crippen LogP contribution in [0, 0.1) is 0 Å². The minimum atomic E-state index is -4.74. The van der Waals surface area contributed by atoms with Crippen molar-refractivity contribution in [2.45, 2.75) is 57.7 Å². The van der Waals surface area contributed by atoms with Crippen molar-refractivity contribution < 1.29 is 26.4 Å². The van der Waals surface area contributed by atoms with E-state index in [1.54, 1.807) is 13.8 Å². The molecule has 0 bridgehead atoms. The zero-order valence-corrected chi connectivity index (χ0v) is 18.1. The highest BCUT2D eigenvalue weighted by atomic mass is 32.2. The van der Waals surface area contributed by atoms with Crippen LogP contribution in [0.15, 0.2) is 23.1 Å². The number of halogens is 3. The van der Waals surface area contributed by atoms with Gasteiger partial charge in [-0.2, -0.15) is 17.5 Å². The standard InChI is InChI=1S/C19H27F3N4O3S/c1-4-7-11-23-17(27)10-12-26-16-9-8-14(30(28,29)25(5-2)6-3)13-15(16)24-18(26)19(20,21)22/h8-9,13H,4-7,10-12H2,1-3H3,(H,23,27). The molecule has 0 atom stereocenters. The topological polar surface area (TPSA) is 84.3 Å². The van der Waals surface area contributed by atoms with E-state index >= 15 is 0 Å². The maximum absolute atomic E-state index is 13.5. The smallest absolute Gasteiger partial charge is 0.356 e. The highest BCUT2D eigenvalue weighted by Crippen LogP contribution is 2.32. The summed E-state index contributed by atoms with van der Waals surface area (Å²) in [5.41, 5.74) is 0.0455. The number of carbonyl (C=O) groups is 1. The van der Waals surface area contributed by atoms with Gasteiger partial charge in [0, 0.05) is 32.6 Å². The Morgan fingerprint density at radius 2 is 1.87 bits per heavy atom. The van der Waals surface area contributed by atoms with E-state index < -0.39 is 22.0 Å². The number of unbranched alkanes of at least 4 members (excludes halogenated alkanes) is 1. The molecule has 0 fully saturated rings. The molecular weight excluding hydrogens is 421 g/mol. The van der Waals surface area contributed by atoms with E-state index in [4.69, 9.17) is 0 Å². The van der Waals surface area contributed by atoms with Crippen molar-refractivity contribution in [3.63, 3.8) is 0 Å². The van der Waals surface area contributed by atoms with Crippen molar-refractivity contribution in [1.82, 2.24) is 19.2 Å². The average Bonchev–Trinajstić information content (AvgIpc) is 3.05. The van der Waals surface area contributed by atoms with Crippen molar-refractivity contribution in [1.29, 1.82) is 0 Å². The predicted octanol–water partition coefficient (Wildman–Crippen LogP) is 3.39. The average molecular weight is 449 g/mol. The molecule has 168 valence electrons. The molecule has 0 aliphatic heterocycles. The molecule has 0 aliphatic rings. The molecule has 0 radical (unpaired) electrons. The molecule has 30 heavy (non-hydrogen) atoms. The zero-order valence-electron chi connectivity index (χ0n) is 17.3. The fourth-order valence-electron chi connectivity index (χ4n) is 3.13. The van der Waals surface area contributed by atoms with E-state index in [9.17, 15) is 26.4 Å². The van der Waals surface area contributed by atoms with Crippen LogP contribution in [0.2, 0.25) is 0 Å². The predicted molar refractivity (Wildman–Crippen MR) is 107 cm³/mol. The molecule has 1 heterocycles. The van der Waals surface area contributed by atoms with Gasteiger partial charge in [0.15, 0.2) is 0 Å². The molecule has 1 amide bonds. The van der Waals surface area contributed by atoms with Crippen LogP contribution < -0.4 is 5.32 Å². The summed E-state index contributed by atoms with van der Waals surface area (Å²) >= 11 is 0. The first-order valence-electron chi connectivity index (χ1n) is 9.90. The molecule has 1 aromatic carbocycles. The summed E-state index contributed by atoms with van der Waals surface area (Å²) in [6.07, 6.45) is -3.20. The lowest BCUT2D eigenvalue weighted by atomic mass is 10.3. The van der Waals surface area contributed by atoms with Crippen molar-refractivity contribution in [3.05, 3.63) is 24.0 Å². The molecule has 0 spiro atoms. The summed E-state index contributed by atoms with van der Waals surface area (Å²) in [7, 11) is -3.83. The number of hydrogen-bond acceptors (Lipinski definition) is 4. The maximum atomic E-state index is 13.5. The molecule has 0 saturated carbocycles. The molecule has 11 heteroatoms. The van der Waals surface area contributed by atoms with Crippen LogP contribution in [0.5, 0.6) is 0 Å². The second-order valence-electron chi connectivity index (χ2n) is 6.78. The monoisotopic (exact) mass is 448 g/mol. The third-order valence-corrected chi connectivity index (χ3v) is 6.78. The first-order chi connectivity index (χ1) is 14.1. The highest BCUT2D eigenvalue weighted by Gasteiger charge is 2.38. The summed E-state index contributed by atoms with van der Waals surface area (Å²) in [5.74, 6) is -1.50. The van der Waals surface area contributed by atoms with Crippen LogP contribution in [0.3, 0.4) is 0 Å². The van der Waals surface area contributed by atoms with E-state index in [2.05, 4.69) is 10.3 Å².